The van der Waals surface area contributed by atoms with Gasteiger partial charge in [0.05, 0.1) is 47.0 Å². The first kappa shape index (κ1) is 18.2. The SMILES string of the molecule is CC(O)C1C(=O)N2C=C(C(=O)OSC3CNC(C(=O)N(C)C)C3)C[C@@H]12. The first-order chi connectivity index (χ1) is 11.8. The molecule has 0 radical (unpaired) electrons. The molecule has 0 bridgehead atoms. The molecule has 0 spiro atoms. The lowest BCUT2D eigenvalue weighted by Crippen LogP contribution is -2.59. The zero-order valence-corrected chi connectivity index (χ0v) is 15.3. The summed E-state index contributed by atoms with van der Waals surface area (Å²) in [5.41, 5.74) is 0.445. The van der Waals surface area contributed by atoms with Gasteiger partial charge in [0.1, 0.15) is 0 Å². The Balaban J connectivity index is 1.47. The van der Waals surface area contributed by atoms with E-state index in [2.05, 4.69) is 5.32 Å². The van der Waals surface area contributed by atoms with E-state index in [1.807, 2.05) is 0 Å². The van der Waals surface area contributed by atoms with Gasteiger partial charge in [-0.2, -0.15) is 0 Å². The molecule has 0 aliphatic carbocycles. The first-order valence-corrected chi connectivity index (χ1v) is 9.13. The molecule has 2 saturated heterocycles. The van der Waals surface area contributed by atoms with Crippen LogP contribution in [0.15, 0.2) is 11.8 Å². The molecule has 9 heteroatoms. The van der Waals surface area contributed by atoms with Gasteiger partial charge in [-0.05, 0) is 13.3 Å². The van der Waals surface area contributed by atoms with E-state index < -0.39 is 18.0 Å². The van der Waals surface area contributed by atoms with Crippen molar-refractivity contribution >= 4 is 29.8 Å². The molecule has 3 aliphatic heterocycles. The molecule has 25 heavy (non-hydrogen) atoms. The summed E-state index contributed by atoms with van der Waals surface area (Å²) in [6.45, 7) is 2.18. The summed E-state index contributed by atoms with van der Waals surface area (Å²) in [4.78, 5) is 39.1. The molecule has 4 unspecified atom stereocenters. The first-order valence-electron chi connectivity index (χ1n) is 8.32. The van der Waals surface area contributed by atoms with Crippen molar-refractivity contribution in [1.82, 2.24) is 15.1 Å². The Morgan fingerprint density at radius 3 is 2.84 bits per heavy atom. The minimum Gasteiger partial charge on any atom is -0.393 e. The highest BCUT2D eigenvalue weighted by Gasteiger charge is 2.52. The highest BCUT2D eigenvalue weighted by Crippen LogP contribution is 2.40. The van der Waals surface area contributed by atoms with E-state index in [1.165, 1.54) is 11.1 Å². The van der Waals surface area contributed by atoms with Gasteiger partial charge in [-0.15, -0.1) is 0 Å². The molecule has 2 fully saturated rings. The van der Waals surface area contributed by atoms with Gasteiger partial charge >= 0.3 is 5.97 Å². The number of carbonyl (C=O) groups is 3. The van der Waals surface area contributed by atoms with Crippen LogP contribution in [0.3, 0.4) is 0 Å². The Bertz CT molecular complexity index is 621. The topological polar surface area (TPSA) is 99.2 Å². The van der Waals surface area contributed by atoms with E-state index in [9.17, 15) is 19.5 Å². The van der Waals surface area contributed by atoms with Gasteiger partial charge in [0.25, 0.3) is 0 Å². The summed E-state index contributed by atoms with van der Waals surface area (Å²) >= 11 is 1.07. The molecule has 3 aliphatic rings. The predicted octanol–water partition coefficient (Wildman–Crippen LogP) is -0.508. The van der Waals surface area contributed by atoms with E-state index >= 15 is 0 Å². The molecule has 5 atom stereocenters. The lowest BCUT2D eigenvalue weighted by molar-refractivity contribution is -0.156. The highest BCUT2D eigenvalue weighted by molar-refractivity contribution is 7.95. The Labute approximate surface area is 150 Å². The van der Waals surface area contributed by atoms with E-state index in [4.69, 9.17) is 4.18 Å². The average Bonchev–Trinajstić information content (AvgIpc) is 3.16. The molecular weight excluding hydrogens is 346 g/mol. The van der Waals surface area contributed by atoms with Crippen molar-refractivity contribution in [3.05, 3.63) is 11.8 Å². The van der Waals surface area contributed by atoms with Crippen LogP contribution in [-0.2, 0) is 18.6 Å². The Morgan fingerprint density at radius 2 is 2.20 bits per heavy atom. The minimum absolute atomic E-state index is 0.0139. The van der Waals surface area contributed by atoms with Crippen LogP contribution in [0.4, 0.5) is 0 Å². The standard InChI is InChI=1S/C16H23N3O5S/c1-8(20)13-12-4-9(7-19(12)15(13)22)16(23)24-25-10-5-11(17-6-10)14(21)18(2)3/h7-8,10-13,17,20H,4-6H2,1-3H3/t8?,10?,11?,12-,13?/m0/s1. The zero-order chi connectivity index (χ0) is 18.3. The summed E-state index contributed by atoms with van der Waals surface area (Å²) in [7, 11) is 3.42. The fraction of sp³-hybridized carbons (Fsp3) is 0.688. The third-order valence-corrected chi connectivity index (χ3v) is 5.79. The molecule has 0 saturated carbocycles. The van der Waals surface area contributed by atoms with Gasteiger partial charge in [-0.25, -0.2) is 4.79 Å². The average molecular weight is 369 g/mol. The maximum Gasteiger partial charge on any atom is 0.347 e. The molecule has 3 heterocycles. The molecule has 3 rings (SSSR count). The zero-order valence-electron chi connectivity index (χ0n) is 14.5. The lowest BCUT2D eigenvalue weighted by atomic mass is 9.83. The summed E-state index contributed by atoms with van der Waals surface area (Å²) in [6, 6.07) is -0.390. The van der Waals surface area contributed by atoms with E-state index in [-0.39, 0.29) is 29.1 Å². The van der Waals surface area contributed by atoms with Crippen LogP contribution in [0.5, 0.6) is 0 Å². The minimum atomic E-state index is -0.720. The van der Waals surface area contributed by atoms with Crippen molar-refractivity contribution in [3.63, 3.8) is 0 Å². The third-order valence-electron chi connectivity index (χ3n) is 4.91. The number of hydrogen-bond donors (Lipinski definition) is 2. The van der Waals surface area contributed by atoms with Crippen molar-refractivity contribution in [2.45, 2.75) is 43.2 Å². The smallest absolute Gasteiger partial charge is 0.347 e. The van der Waals surface area contributed by atoms with Crippen molar-refractivity contribution in [2.24, 2.45) is 5.92 Å². The molecule has 8 nitrogen and oxygen atoms in total. The van der Waals surface area contributed by atoms with Gasteiger partial charge in [0, 0.05) is 33.3 Å². The summed E-state index contributed by atoms with van der Waals surface area (Å²) in [5.74, 6) is -1.04. The number of fused-ring (bicyclic) bond motifs is 1. The fourth-order valence-corrected chi connectivity index (χ4v) is 4.29. The Hall–Kier alpha value is -1.58. The number of β-lactam (4-membered cyclic amide) rings is 1. The van der Waals surface area contributed by atoms with Crippen molar-refractivity contribution in [2.75, 3.05) is 20.6 Å². The second-order valence-electron chi connectivity index (χ2n) is 6.96. The van der Waals surface area contributed by atoms with Crippen LogP contribution in [0.1, 0.15) is 19.8 Å². The largest absolute Gasteiger partial charge is 0.393 e. The number of amides is 2. The molecule has 2 N–H and O–H groups in total. The number of carbonyl (C=O) groups excluding carboxylic acids is 3. The number of aliphatic hydroxyl groups excluding tert-OH is 1. The maximum absolute atomic E-state index is 12.2. The molecular formula is C16H23N3O5S. The van der Waals surface area contributed by atoms with Crippen LogP contribution < -0.4 is 5.32 Å². The highest BCUT2D eigenvalue weighted by atomic mass is 32.2. The molecule has 0 aromatic carbocycles. The number of likely N-dealkylation sites (N-methyl/N-ethyl adjacent to an activating group) is 1. The van der Waals surface area contributed by atoms with Gasteiger partial charge in [0.2, 0.25) is 11.8 Å². The van der Waals surface area contributed by atoms with Crippen LogP contribution in [0.25, 0.3) is 0 Å². The van der Waals surface area contributed by atoms with Gasteiger partial charge in [-0.1, -0.05) is 0 Å². The Kier molecular flexibility index (Phi) is 5.08. The van der Waals surface area contributed by atoms with Crippen molar-refractivity contribution < 1.29 is 23.7 Å². The summed E-state index contributed by atoms with van der Waals surface area (Å²) in [5, 5.41) is 12.8. The normalized spacial score (nSPS) is 31.9. The Morgan fingerprint density at radius 1 is 1.48 bits per heavy atom. The van der Waals surface area contributed by atoms with Gasteiger partial charge < -0.3 is 24.4 Å². The summed E-state index contributed by atoms with van der Waals surface area (Å²) in [6.07, 6.45) is 1.82. The number of hydrogen-bond acceptors (Lipinski definition) is 7. The van der Waals surface area contributed by atoms with Crippen LogP contribution in [0.2, 0.25) is 0 Å². The maximum atomic E-state index is 12.2. The fourth-order valence-electron chi connectivity index (χ4n) is 3.53. The number of nitrogens with one attached hydrogen (secondary N) is 1. The van der Waals surface area contributed by atoms with Crippen LogP contribution >= 0.6 is 12.0 Å². The molecule has 138 valence electrons. The number of rotatable bonds is 5. The van der Waals surface area contributed by atoms with Crippen molar-refractivity contribution in [3.8, 4) is 0 Å². The lowest BCUT2D eigenvalue weighted by Gasteiger charge is -2.43. The van der Waals surface area contributed by atoms with Crippen LogP contribution in [-0.4, -0.2) is 76.8 Å². The van der Waals surface area contributed by atoms with E-state index in [0.29, 0.717) is 25.0 Å². The second kappa shape index (κ2) is 6.97. The van der Waals surface area contributed by atoms with Crippen molar-refractivity contribution in [1.29, 1.82) is 0 Å². The molecule has 0 aromatic heterocycles. The van der Waals surface area contributed by atoms with E-state index in [1.54, 1.807) is 25.9 Å². The van der Waals surface area contributed by atoms with Crippen LogP contribution in [0, 0.1) is 5.92 Å². The number of nitrogens with zero attached hydrogens (tertiary/aromatic N) is 2. The number of aliphatic hydroxyl groups is 1. The summed E-state index contributed by atoms with van der Waals surface area (Å²) < 4.78 is 5.30. The molecule has 0 aromatic rings. The predicted molar refractivity (Wildman–Crippen MR) is 91.1 cm³/mol. The van der Waals surface area contributed by atoms with Gasteiger partial charge in [0.15, 0.2) is 0 Å². The molecule has 2 amide bonds. The monoisotopic (exact) mass is 369 g/mol. The van der Waals surface area contributed by atoms with E-state index in [0.717, 1.165) is 12.0 Å². The second-order valence-corrected chi connectivity index (χ2v) is 7.98. The quantitative estimate of drug-likeness (QED) is 0.497. The van der Waals surface area contributed by atoms with Gasteiger partial charge in [-0.3, -0.25) is 9.59 Å². The third kappa shape index (κ3) is 3.40.